The lowest BCUT2D eigenvalue weighted by atomic mass is 10.2. The van der Waals surface area contributed by atoms with Gasteiger partial charge in [0.1, 0.15) is 11.8 Å². The maximum absolute atomic E-state index is 12.7. The van der Waals surface area contributed by atoms with Gasteiger partial charge in [-0.3, -0.25) is 4.79 Å². The minimum atomic E-state index is -0.390. The first-order valence-corrected chi connectivity index (χ1v) is 8.77. The van der Waals surface area contributed by atoms with Gasteiger partial charge in [0.15, 0.2) is 0 Å². The first kappa shape index (κ1) is 17.8. The fourth-order valence-electron chi connectivity index (χ4n) is 3.01. The molecule has 2 aromatic rings. The average Bonchev–Trinajstić information content (AvgIpc) is 2.86. The van der Waals surface area contributed by atoms with Gasteiger partial charge in [-0.1, -0.05) is 13.8 Å². The molecule has 3 rings (SSSR count). The number of aromatic nitrogens is 2. The van der Waals surface area contributed by atoms with Crippen LogP contribution < -0.4 is 9.64 Å². The standard InChI is InChI=1S/C19H22N4O3/c1-4-12-22-16(5-2)17(24)23(19(22)25)14-6-8-15(9-7-14)26-18-20-11-10-13(3)21-18/h6-11,16H,4-5,12H2,1-3H3. The maximum Gasteiger partial charge on any atom is 0.332 e. The Hall–Kier alpha value is -2.96. The van der Waals surface area contributed by atoms with Crippen LogP contribution in [-0.4, -0.2) is 39.4 Å². The molecule has 0 radical (unpaired) electrons. The first-order chi connectivity index (χ1) is 12.5. The lowest BCUT2D eigenvalue weighted by Crippen LogP contribution is -2.35. The number of rotatable bonds is 6. The van der Waals surface area contributed by atoms with Crippen molar-refractivity contribution < 1.29 is 14.3 Å². The van der Waals surface area contributed by atoms with Crippen LogP contribution in [0, 0.1) is 6.92 Å². The molecular formula is C19H22N4O3. The third kappa shape index (κ3) is 3.37. The fourth-order valence-corrected chi connectivity index (χ4v) is 3.01. The van der Waals surface area contributed by atoms with Crippen LogP contribution in [0.15, 0.2) is 36.5 Å². The van der Waals surface area contributed by atoms with Gasteiger partial charge in [-0.2, -0.15) is 0 Å². The van der Waals surface area contributed by atoms with Crippen molar-refractivity contribution in [3.8, 4) is 11.8 Å². The van der Waals surface area contributed by atoms with E-state index in [0.717, 1.165) is 12.1 Å². The Labute approximate surface area is 152 Å². The molecule has 7 nitrogen and oxygen atoms in total. The second kappa shape index (κ2) is 7.51. The minimum absolute atomic E-state index is 0.179. The van der Waals surface area contributed by atoms with Crippen LogP contribution in [0.3, 0.4) is 0 Å². The molecule has 0 spiro atoms. The Morgan fingerprint density at radius 1 is 1.12 bits per heavy atom. The van der Waals surface area contributed by atoms with E-state index in [-0.39, 0.29) is 24.0 Å². The molecule has 26 heavy (non-hydrogen) atoms. The maximum atomic E-state index is 12.7. The predicted molar refractivity (Wildman–Crippen MR) is 97.2 cm³/mol. The van der Waals surface area contributed by atoms with Gasteiger partial charge in [-0.15, -0.1) is 0 Å². The number of benzene rings is 1. The summed E-state index contributed by atoms with van der Waals surface area (Å²) in [7, 11) is 0. The largest absolute Gasteiger partial charge is 0.424 e. The Morgan fingerprint density at radius 3 is 2.46 bits per heavy atom. The fraction of sp³-hybridized carbons (Fsp3) is 0.368. The average molecular weight is 354 g/mol. The summed E-state index contributed by atoms with van der Waals surface area (Å²) in [6.45, 7) is 6.34. The van der Waals surface area contributed by atoms with Gasteiger partial charge in [0.2, 0.25) is 0 Å². The van der Waals surface area contributed by atoms with E-state index in [1.807, 2.05) is 20.8 Å². The minimum Gasteiger partial charge on any atom is -0.424 e. The van der Waals surface area contributed by atoms with Crippen molar-refractivity contribution >= 4 is 17.6 Å². The second-order valence-electron chi connectivity index (χ2n) is 6.15. The molecule has 2 heterocycles. The van der Waals surface area contributed by atoms with Crippen LogP contribution in [0.1, 0.15) is 32.4 Å². The topological polar surface area (TPSA) is 75.6 Å². The van der Waals surface area contributed by atoms with E-state index in [9.17, 15) is 9.59 Å². The number of carbonyl (C=O) groups is 2. The Morgan fingerprint density at radius 2 is 1.85 bits per heavy atom. The van der Waals surface area contributed by atoms with Gasteiger partial charge in [0.05, 0.1) is 5.69 Å². The summed E-state index contributed by atoms with van der Waals surface area (Å²) in [4.78, 5) is 36.5. The highest BCUT2D eigenvalue weighted by molar-refractivity contribution is 6.21. The molecule has 1 aliphatic rings. The highest BCUT2D eigenvalue weighted by Crippen LogP contribution is 2.29. The molecular weight excluding hydrogens is 332 g/mol. The summed E-state index contributed by atoms with van der Waals surface area (Å²) >= 11 is 0. The van der Waals surface area contributed by atoms with Crippen molar-refractivity contribution in [2.75, 3.05) is 11.4 Å². The summed E-state index contributed by atoms with van der Waals surface area (Å²) in [6.07, 6.45) is 3.04. The Bertz CT molecular complexity index is 807. The summed E-state index contributed by atoms with van der Waals surface area (Å²) < 4.78 is 5.61. The molecule has 1 unspecified atom stereocenters. The Balaban J connectivity index is 1.79. The smallest absolute Gasteiger partial charge is 0.332 e. The normalized spacial score (nSPS) is 17.1. The number of hydrogen-bond acceptors (Lipinski definition) is 5. The first-order valence-electron chi connectivity index (χ1n) is 8.77. The van der Waals surface area contributed by atoms with E-state index in [4.69, 9.17) is 4.74 Å². The quantitative estimate of drug-likeness (QED) is 0.742. The molecule has 1 aliphatic heterocycles. The number of imide groups is 1. The zero-order chi connectivity index (χ0) is 18.7. The van der Waals surface area contributed by atoms with Crippen molar-refractivity contribution in [2.45, 2.75) is 39.7 Å². The summed E-state index contributed by atoms with van der Waals surface area (Å²) in [5.41, 5.74) is 1.34. The SMILES string of the molecule is CCCN1C(=O)N(c2ccc(Oc3nccc(C)n3)cc2)C(=O)C1CC. The number of ether oxygens (including phenoxy) is 1. The van der Waals surface area contributed by atoms with Crippen molar-refractivity contribution in [1.29, 1.82) is 0 Å². The lowest BCUT2D eigenvalue weighted by Gasteiger charge is -2.19. The number of carbonyl (C=O) groups excluding carboxylic acids is 2. The highest BCUT2D eigenvalue weighted by atomic mass is 16.5. The van der Waals surface area contributed by atoms with Gasteiger partial charge in [-0.05, 0) is 50.1 Å². The van der Waals surface area contributed by atoms with Crippen molar-refractivity contribution in [1.82, 2.24) is 14.9 Å². The number of nitrogens with zero attached hydrogens (tertiary/aromatic N) is 4. The molecule has 0 N–H and O–H groups in total. The van der Waals surface area contributed by atoms with Crippen LogP contribution in [0.2, 0.25) is 0 Å². The highest BCUT2D eigenvalue weighted by Gasteiger charge is 2.44. The number of urea groups is 1. The zero-order valence-corrected chi connectivity index (χ0v) is 15.2. The van der Waals surface area contributed by atoms with Crippen LogP contribution in [0.4, 0.5) is 10.5 Å². The second-order valence-corrected chi connectivity index (χ2v) is 6.15. The molecule has 1 aromatic heterocycles. The van der Waals surface area contributed by atoms with E-state index in [1.165, 1.54) is 4.90 Å². The van der Waals surface area contributed by atoms with Gasteiger partial charge in [0.25, 0.3) is 5.91 Å². The summed E-state index contributed by atoms with van der Waals surface area (Å²) in [5, 5.41) is 0. The molecule has 0 bridgehead atoms. The molecule has 1 fully saturated rings. The van der Waals surface area contributed by atoms with Crippen LogP contribution >= 0.6 is 0 Å². The Kier molecular flexibility index (Phi) is 5.16. The molecule has 0 saturated carbocycles. The third-order valence-corrected chi connectivity index (χ3v) is 4.25. The van der Waals surface area contributed by atoms with Crippen LogP contribution in [0.25, 0.3) is 0 Å². The van der Waals surface area contributed by atoms with Crippen molar-refractivity contribution in [2.24, 2.45) is 0 Å². The van der Waals surface area contributed by atoms with E-state index in [2.05, 4.69) is 9.97 Å². The predicted octanol–water partition coefficient (Wildman–Crippen LogP) is 3.53. The zero-order valence-electron chi connectivity index (χ0n) is 15.2. The molecule has 1 aromatic carbocycles. The number of anilines is 1. The van der Waals surface area contributed by atoms with Gasteiger partial charge >= 0.3 is 12.0 Å². The summed E-state index contributed by atoms with van der Waals surface area (Å²) in [6, 6.07) is 8.18. The number of hydrogen-bond donors (Lipinski definition) is 0. The number of aryl methyl sites for hydroxylation is 1. The monoisotopic (exact) mass is 354 g/mol. The van der Waals surface area contributed by atoms with Crippen molar-refractivity contribution in [3.63, 3.8) is 0 Å². The van der Waals surface area contributed by atoms with Gasteiger partial charge in [0, 0.05) is 18.4 Å². The van der Waals surface area contributed by atoms with E-state index in [0.29, 0.717) is 24.4 Å². The molecule has 136 valence electrons. The van der Waals surface area contributed by atoms with E-state index >= 15 is 0 Å². The van der Waals surface area contributed by atoms with E-state index in [1.54, 1.807) is 41.4 Å². The van der Waals surface area contributed by atoms with Gasteiger partial charge < -0.3 is 9.64 Å². The lowest BCUT2D eigenvalue weighted by molar-refractivity contribution is -0.119. The molecule has 0 aliphatic carbocycles. The summed E-state index contributed by atoms with van der Waals surface area (Å²) in [5.74, 6) is 0.359. The molecule has 1 atom stereocenters. The van der Waals surface area contributed by atoms with Crippen LogP contribution in [0.5, 0.6) is 11.8 Å². The third-order valence-electron chi connectivity index (χ3n) is 4.25. The van der Waals surface area contributed by atoms with Crippen molar-refractivity contribution in [3.05, 3.63) is 42.2 Å². The molecule has 1 saturated heterocycles. The van der Waals surface area contributed by atoms with Crippen LogP contribution in [-0.2, 0) is 4.79 Å². The molecule has 3 amide bonds. The van der Waals surface area contributed by atoms with E-state index < -0.39 is 0 Å². The van der Waals surface area contributed by atoms with Gasteiger partial charge in [-0.25, -0.2) is 19.7 Å². The molecule has 7 heteroatoms. The number of amides is 3.